The molecule has 120 valence electrons. The van der Waals surface area contributed by atoms with Gasteiger partial charge in [-0.3, -0.25) is 4.79 Å². The van der Waals surface area contributed by atoms with Crippen LogP contribution in [0, 0.1) is 0 Å². The number of methoxy groups -OCH3 is 1. The average molecular weight is 329 g/mol. The molecular weight excluding hydrogens is 310 g/mol. The van der Waals surface area contributed by atoms with Crippen molar-refractivity contribution in [3.05, 3.63) is 28.6 Å². The van der Waals surface area contributed by atoms with Gasteiger partial charge in [0.25, 0.3) is 0 Å². The summed E-state index contributed by atoms with van der Waals surface area (Å²) in [6.45, 7) is 2.28. The second-order valence-corrected chi connectivity index (χ2v) is 6.78. The normalized spacial score (nSPS) is 15.9. The molecule has 4 rings (SSSR count). The zero-order chi connectivity index (χ0) is 15.8. The van der Waals surface area contributed by atoms with Crippen molar-refractivity contribution in [2.24, 2.45) is 0 Å². The molecular formula is C17H19N3O2S. The maximum absolute atomic E-state index is 12.1. The Balaban J connectivity index is 1.64. The molecule has 0 bridgehead atoms. The van der Waals surface area contributed by atoms with E-state index in [9.17, 15) is 4.79 Å². The molecule has 1 N–H and O–H groups in total. The van der Waals surface area contributed by atoms with Crippen LogP contribution < -0.4 is 10.2 Å². The van der Waals surface area contributed by atoms with E-state index in [1.807, 2.05) is 4.90 Å². The van der Waals surface area contributed by atoms with Crippen LogP contribution in [0.4, 0.5) is 10.8 Å². The highest BCUT2D eigenvalue weighted by atomic mass is 32.1. The van der Waals surface area contributed by atoms with Gasteiger partial charge in [-0.1, -0.05) is 0 Å². The number of ether oxygens (including phenoxy) is 1. The van der Waals surface area contributed by atoms with Gasteiger partial charge < -0.3 is 15.0 Å². The van der Waals surface area contributed by atoms with Gasteiger partial charge in [-0.05, 0) is 36.1 Å². The number of rotatable bonds is 5. The van der Waals surface area contributed by atoms with Crippen molar-refractivity contribution in [2.75, 3.05) is 37.0 Å². The summed E-state index contributed by atoms with van der Waals surface area (Å²) in [5.74, 6) is 0.235. The van der Waals surface area contributed by atoms with Crippen molar-refractivity contribution in [2.45, 2.75) is 19.3 Å². The zero-order valence-corrected chi connectivity index (χ0v) is 13.9. The number of aromatic nitrogens is 1. The number of carbonyl (C=O) groups excluding carboxylic acids is 1. The van der Waals surface area contributed by atoms with Crippen LogP contribution in [0.25, 0.3) is 11.3 Å². The Hall–Kier alpha value is -1.92. The Morgan fingerprint density at radius 3 is 3.13 bits per heavy atom. The van der Waals surface area contributed by atoms with Crippen LogP contribution in [0.15, 0.2) is 17.5 Å². The lowest BCUT2D eigenvalue weighted by Crippen LogP contribution is -2.31. The highest BCUT2D eigenvalue weighted by molar-refractivity contribution is 7.14. The first-order valence-electron chi connectivity index (χ1n) is 7.91. The molecule has 0 radical (unpaired) electrons. The summed E-state index contributed by atoms with van der Waals surface area (Å²) in [7, 11) is 1.69. The standard InChI is InChI=1S/C17H19N3O2S/c1-22-6-4-18-17-19-14(10-23-17)12-7-11-3-2-5-20-15(21)9-13(8-12)16(11)20/h7-8,10H,2-6,9H2,1H3,(H,18,19). The van der Waals surface area contributed by atoms with Gasteiger partial charge in [-0.15, -0.1) is 11.3 Å². The SMILES string of the molecule is COCCNc1nc(-c2cc3c4c(c2)CC(=O)N4CCC3)cs1. The molecule has 2 aliphatic heterocycles. The Bertz CT molecular complexity index is 756. The zero-order valence-electron chi connectivity index (χ0n) is 13.1. The van der Waals surface area contributed by atoms with E-state index in [2.05, 4.69) is 27.8 Å². The summed E-state index contributed by atoms with van der Waals surface area (Å²) in [5, 5.41) is 6.24. The van der Waals surface area contributed by atoms with Gasteiger partial charge in [0.1, 0.15) is 0 Å². The number of carbonyl (C=O) groups is 1. The van der Waals surface area contributed by atoms with Crippen molar-refractivity contribution >= 4 is 28.1 Å². The summed E-state index contributed by atoms with van der Waals surface area (Å²) < 4.78 is 5.04. The van der Waals surface area contributed by atoms with Gasteiger partial charge in [0.05, 0.1) is 24.4 Å². The van der Waals surface area contributed by atoms with Crippen LogP contribution in [0.2, 0.25) is 0 Å². The summed E-state index contributed by atoms with van der Waals surface area (Å²) in [5.41, 5.74) is 5.70. The predicted octanol–water partition coefficient (Wildman–Crippen LogP) is 2.70. The van der Waals surface area contributed by atoms with E-state index < -0.39 is 0 Å². The minimum atomic E-state index is 0.235. The molecule has 1 aromatic heterocycles. The lowest BCUT2D eigenvalue weighted by molar-refractivity contribution is -0.117. The van der Waals surface area contributed by atoms with E-state index in [1.165, 1.54) is 11.3 Å². The smallest absolute Gasteiger partial charge is 0.231 e. The maximum Gasteiger partial charge on any atom is 0.231 e. The molecule has 0 saturated heterocycles. The van der Waals surface area contributed by atoms with Crippen LogP contribution in [0.3, 0.4) is 0 Å². The highest BCUT2D eigenvalue weighted by Crippen LogP contribution is 2.40. The molecule has 1 aromatic carbocycles. The third-order valence-electron chi connectivity index (χ3n) is 4.39. The molecule has 5 nitrogen and oxygen atoms in total. The third-order valence-corrected chi connectivity index (χ3v) is 5.19. The second-order valence-electron chi connectivity index (χ2n) is 5.93. The minimum absolute atomic E-state index is 0.235. The lowest BCUT2D eigenvalue weighted by atomic mass is 9.96. The number of thiazole rings is 1. The first kappa shape index (κ1) is 14.7. The number of nitrogens with one attached hydrogen (secondary N) is 1. The molecule has 2 aliphatic rings. The van der Waals surface area contributed by atoms with E-state index in [4.69, 9.17) is 4.74 Å². The predicted molar refractivity (Wildman–Crippen MR) is 92.3 cm³/mol. The Morgan fingerprint density at radius 1 is 1.39 bits per heavy atom. The molecule has 0 unspecified atom stereocenters. The van der Waals surface area contributed by atoms with E-state index in [0.29, 0.717) is 13.0 Å². The van der Waals surface area contributed by atoms with Crippen LogP contribution >= 0.6 is 11.3 Å². The molecule has 0 saturated carbocycles. The molecule has 23 heavy (non-hydrogen) atoms. The number of nitrogens with zero attached hydrogens (tertiary/aromatic N) is 2. The Labute approximate surface area is 139 Å². The minimum Gasteiger partial charge on any atom is -0.383 e. The van der Waals surface area contributed by atoms with Crippen molar-refractivity contribution in [1.29, 1.82) is 0 Å². The van der Waals surface area contributed by atoms with Gasteiger partial charge in [-0.2, -0.15) is 0 Å². The largest absolute Gasteiger partial charge is 0.383 e. The lowest BCUT2D eigenvalue weighted by Gasteiger charge is -2.25. The number of hydrogen-bond donors (Lipinski definition) is 1. The molecule has 2 aromatic rings. The number of benzene rings is 1. The first-order valence-corrected chi connectivity index (χ1v) is 8.79. The van der Waals surface area contributed by atoms with E-state index in [1.54, 1.807) is 18.4 Å². The summed E-state index contributed by atoms with van der Waals surface area (Å²) in [4.78, 5) is 18.8. The van der Waals surface area contributed by atoms with Gasteiger partial charge in [0, 0.05) is 31.1 Å². The monoisotopic (exact) mass is 329 g/mol. The fraction of sp³-hybridized carbons (Fsp3) is 0.412. The van der Waals surface area contributed by atoms with E-state index in [0.717, 1.165) is 47.9 Å². The fourth-order valence-electron chi connectivity index (χ4n) is 3.37. The molecule has 0 fully saturated rings. The van der Waals surface area contributed by atoms with Crippen LogP contribution in [0.1, 0.15) is 17.5 Å². The highest BCUT2D eigenvalue weighted by Gasteiger charge is 2.32. The molecule has 1 amide bonds. The Kier molecular flexibility index (Phi) is 3.79. The number of aryl methyl sites for hydroxylation is 1. The molecule has 6 heteroatoms. The Morgan fingerprint density at radius 2 is 2.26 bits per heavy atom. The number of anilines is 2. The summed E-state index contributed by atoms with van der Waals surface area (Å²) in [6, 6.07) is 4.34. The molecule has 0 aliphatic carbocycles. The maximum atomic E-state index is 12.1. The van der Waals surface area contributed by atoms with Crippen LogP contribution in [0.5, 0.6) is 0 Å². The quantitative estimate of drug-likeness (QED) is 0.857. The van der Waals surface area contributed by atoms with E-state index in [-0.39, 0.29) is 5.91 Å². The average Bonchev–Trinajstić information content (AvgIpc) is 3.14. The van der Waals surface area contributed by atoms with Crippen molar-refractivity contribution < 1.29 is 9.53 Å². The van der Waals surface area contributed by atoms with Crippen molar-refractivity contribution in [1.82, 2.24) is 4.98 Å². The first-order chi connectivity index (χ1) is 11.3. The molecule has 0 atom stereocenters. The van der Waals surface area contributed by atoms with Gasteiger partial charge in [0.2, 0.25) is 5.91 Å². The van der Waals surface area contributed by atoms with Gasteiger partial charge >= 0.3 is 0 Å². The van der Waals surface area contributed by atoms with Crippen molar-refractivity contribution in [3.8, 4) is 11.3 Å². The topological polar surface area (TPSA) is 54.5 Å². The summed E-state index contributed by atoms with van der Waals surface area (Å²) in [6.07, 6.45) is 2.62. The molecule has 0 spiro atoms. The fourth-order valence-corrected chi connectivity index (χ4v) is 4.12. The van der Waals surface area contributed by atoms with Crippen LogP contribution in [-0.2, 0) is 22.4 Å². The number of amides is 1. The van der Waals surface area contributed by atoms with Crippen molar-refractivity contribution in [3.63, 3.8) is 0 Å². The van der Waals surface area contributed by atoms with E-state index >= 15 is 0 Å². The second kappa shape index (κ2) is 5.94. The number of hydrogen-bond acceptors (Lipinski definition) is 5. The molecule has 3 heterocycles. The third kappa shape index (κ3) is 2.62. The van der Waals surface area contributed by atoms with Crippen LogP contribution in [-0.4, -0.2) is 37.7 Å². The van der Waals surface area contributed by atoms with Gasteiger partial charge in [-0.25, -0.2) is 4.98 Å². The summed E-state index contributed by atoms with van der Waals surface area (Å²) >= 11 is 1.60. The van der Waals surface area contributed by atoms with Gasteiger partial charge in [0.15, 0.2) is 5.13 Å².